The molecule has 2 nitrogen and oxygen atoms in total. The molecule has 0 amide bonds. The minimum Gasteiger partial charge on any atom is -0.309 e. The van der Waals surface area contributed by atoms with E-state index in [4.69, 9.17) is 0 Å². The molecule has 2 heteroatoms. The van der Waals surface area contributed by atoms with E-state index in [1.54, 1.807) is 32.1 Å². The van der Waals surface area contributed by atoms with Gasteiger partial charge in [-0.1, -0.05) is 25.7 Å². The summed E-state index contributed by atoms with van der Waals surface area (Å²) < 4.78 is 0. The van der Waals surface area contributed by atoms with Gasteiger partial charge in [-0.2, -0.15) is 0 Å². The highest BCUT2D eigenvalue weighted by atomic mass is 15.1. The lowest BCUT2D eigenvalue weighted by molar-refractivity contribution is 0.00590. The summed E-state index contributed by atoms with van der Waals surface area (Å²) in [5.74, 6) is 2.22. The lowest BCUT2D eigenvalue weighted by Crippen LogP contribution is -2.45. The Labute approximate surface area is 132 Å². The van der Waals surface area contributed by atoms with Crippen LogP contribution in [-0.4, -0.2) is 50.1 Å². The fourth-order valence-corrected chi connectivity index (χ4v) is 5.40. The van der Waals surface area contributed by atoms with E-state index in [1.165, 1.54) is 58.3 Å². The van der Waals surface area contributed by atoms with E-state index in [-0.39, 0.29) is 0 Å². The van der Waals surface area contributed by atoms with Crippen molar-refractivity contribution in [2.24, 2.45) is 17.3 Å². The summed E-state index contributed by atoms with van der Waals surface area (Å²) in [7, 11) is 4.38. The molecule has 0 radical (unpaired) electrons. The summed E-state index contributed by atoms with van der Waals surface area (Å²) in [5, 5.41) is 0. The van der Waals surface area contributed by atoms with Gasteiger partial charge in [0.05, 0.1) is 0 Å². The topological polar surface area (TPSA) is 6.48 Å². The molecule has 3 rings (SSSR count). The number of likely N-dealkylation sites (tertiary alicyclic amines) is 1. The normalized spacial score (nSPS) is 33.3. The van der Waals surface area contributed by atoms with Gasteiger partial charge >= 0.3 is 0 Å². The predicted molar refractivity (Wildman–Crippen MR) is 90.6 cm³/mol. The molecular formula is C19H36N2. The summed E-state index contributed by atoms with van der Waals surface area (Å²) in [6.45, 7) is 5.32. The molecule has 0 unspecified atom stereocenters. The average molecular weight is 293 g/mol. The van der Waals surface area contributed by atoms with Crippen LogP contribution in [0, 0.1) is 17.3 Å². The molecule has 1 saturated heterocycles. The molecule has 0 aromatic heterocycles. The zero-order valence-corrected chi connectivity index (χ0v) is 14.4. The standard InChI is InChI=1S/C19H36N2/c1-20(2)12-5-13-21-14-10-19(11-15-21)9-8-17-6-3-4-7-18(17)16-19/h17-18H,3-16H2,1-2H3/t17-,18+/m0/s1. The molecule has 122 valence electrons. The van der Waals surface area contributed by atoms with E-state index in [0.717, 1.165) is 17.3 Å². The summed E-state index contributed by atoms with van der Waals surface area (Å²) in [4.78, 5) is 5.05. The molecule has 2 atom stereocenters. The molecule has 21 heavy (non-hydrogen) atoms. The summed E-state index contributed by atoms with van der Waals surface area (Å²) in [6, 6.07) is 0. The molecule has 0 aromatic carbocycles. The van der Waals surface area contributed by atoms with Crippen molar-refractivity contribution in [3.8, 4) is 0 Å². The SMILES string of the molecule is CN(C)CCCN1CCC2(CC[C@@H]3CCCC[C@@H]3C2)CC1. The van der Waals surface area contributed by atoms with Crippen LogP contribution in [0.4, 0.5) is 0 Å². The number of rotatable bonds is 4. The molecule has 0 bridgehead atoms. The number of fused-ring (bicyclic) bond motifs is 1. The van der Waals surface area contributed by atoms with Crippen molar-refractivity contribution >= 4 is 0 Å². The van der Waals surface area contributed by atoms with Gasteiger partial charge in [-0.3, -0.25) is 0 Å². The van der Waals surface area contributed by atoms with Gasteiger partial charge in [-0.25, -0.2) is 0 Å². The van der Waals surface area contributed by atoms with Gasteiger partial charge in [0.15, 0.2) is 0 Å². The van der Waals surface area contributed by atoms with Crippen molar-refractivity contribution in [2.75, 3.05) is 40.3 Å². The Bertz CT molecular complexity index is 318. The second kappa shape index (κ2) is 7.00. The maximum atomic E-state index is 2.74. The Hall–Kier alpha value is -0.0800. The number of piperidine rings is 1. The average Bonchev–Trinajstić information content (AvgIpc) is 2.49. The van der Waals surface area contributed by atoms with Gasteiger partial charge < -0.3 is 9.80 Å². The molecule has 1 heterocycles. The first-order chi connectivity index (χ1) is 10.2. The van der Waals surface area contributed by atoms with Crippen molar-refractivity contribution in [3.05, 3.63) is 0 Å². The maximum Gasteiger partial charge on any atom is -0.000654 e. The van der Waals surface area contributed by atoms with E-state index in [2.05, 4.69) is 23.9 Å². The lowest BCUT2D eigenvalue weighted by atomic mass is 9.58. The van der Waals surface area contributed by atoms with Crippen LogP contribution in [0.3, 0.4) is 0 Å². The Morgan fingerprint density at radius 3 is 2.38 bits per heavy atom. The third-order valence-electron chi connectivity index (χ3n) is 6.80. The Kier molecular flexibility index (Phi) is 5.27. The Morgan fingerprint density at radius 1 is 0.952 bits per heavy atom. The number of hydrogen-bond acceptors (Lipinski definition) is 2. The van der Waals surface area contributed by atoms with Crippen LogP contribution in [0.1, 0.15) is 64.2 Å². The van der Waals surface area contributed by atoms with Crippen LogP contribution in [0.5, 0.6) is 0 Å². The summed E-state index contributed by atoms with van der Waals surface area (Å²) in [5.41, 5.74) is 0.760. The predicted octanol–water partition coefficient (Wildman–Crippen LogP) is 4.01. The fourth-order valence-electron chi connectivity index (χ4n) is 5.40. The van der Waals surface area contributed by atoms with Gasteiger partial charge in [0.25, 0.3) is 0 Å². The molecule has 2 aliphatic carbocycles. The van der Waals surface area contributed by atoms with Gasteiger partial charge in [0.2, 0.25) is 0 Å². The molecule has 3 fully saturated rings. The Morgan fingerprint density at radius 2 is 1.67 bits per heavy atom. The molecule has 2 saturated carbocycles. The first-order valence-corrected chi connectivity index (χ1v) is 9.54. The molecule has 0 N–H and O–H groups in total. The van der Waals surface area contributed by atoms with Crippen molar-refractivity contribution < 1.29 is 0 Å². The molecular weight excluding hydrogens is 256 g/mol. The third kappa shape index (κ3) is 4.01. The van der Waals surface area contributed by atoms with Gasteiger partial charge in [-0.05, 0) is 96.1 Å². The molecule has 0 aromatic rings. The van der Waals surface area contributed by atoms with Crippen LogP contribution in [0.15, 0.2) is 0 Å². The van der Waals surface area contributed by atoms with E-state index >= 15 is 0 Å². The molecule has 1 spiro atoms. The minimum atomic E-state index is 0.760. The third-order valence-corrected chi connectivity index (χ3v) is 6.80. The maximum absolute atomic E-state index is 2.74. The highest BCUT2D eigenvalue weighted by Gasteiger charge is 2.42. The van der Waals surface area contributed by atoms with Crippen molar-refractivity contribution in [3.63, 3.8) is 0 Å². The second-order valence-corrected chi connectivity index (χ2v) is 8.55. The zero-order chi connectivity index (χ0) is 14.7. The summed E-state index contributed by atoms with van der Waals surface area (Å²) in [6.07, 6.45) is 15.2. The fraction of sp³-hybridized carbons (Fsp3) is 1.00. The second-order valence-electron chi connectivity index (χ2n) is 8.55. The van der Waals surface area contributed by atoms with Crippen molar-refractivity contribution in [1.82, 2.24) is 9.80 Å². The van der Waals surface area contributed by atoms with Crippen LogP contribution in [0.2, 0.25) is 0 Å². The highest BCUT2D eigenvalue weighted by molar-refractivity contribution is 4.94. The van der Waals surface area contributed by atoms with Crippen LogP contribution >= 0.6 is 0 Å². The largest absolute Gasteiger partial charge is 0.309 e. The van der Waals surface area contributed by atoms with Gasteiger partial charge in [0.1, 0.15) is 0 Å². The number of nitrogens with zero attached hydrogens (tertiary/aromatic N) is 2. The zero-order valence-electron chi connectivity index (χ0n) is 14.4. The quantitative estimate of drug-likeness (QED) is 0.772. The van der Waals surface area contributed by atoms with E-state index in [9.17, 15) is 0 Å². The Balaban J connectivity index is 1.44. The monoisotopic (exact) mass is 292 g/mol. The van der Waals surface area contributed by atoms with E-state index in [0.29, 0.717) is 0 Å². The van der Waals surface area contributed by atoms with E-state index < -0.39 is 0 Å². The van der Waals surface area contributed by atoms with Crippen LogP contribution in [0.25, 0.3) is 0 Å². The van der Waals surface area contributed by atoms with Crippen LogP contribution < -0.4 is 0 Å². The first-order valence-electron chi connectivity index (χ1n) is 9.54. The molecule has 1 aliphatic heterocycles. The van der Waals surface area contributed by atoms with Crippen LogP contribution in [-0.2, 0) is 0 Å². The van der Waals surface area contributed by atoms with E-state index in [1.807, 2.05) is 0 Å². The highest BCUT2D eigenvalue weighted by Crippen LogP contribution is 2.52. The van der Waals surface area contributed by atoms with Crippen molar-refractivity contribution in [1.29, 1.82) is 0 Å². The van der Waals surface area contributed by atoms with Gasteiger partial charge in [-0.15, -0.1) is 0 Å². The first kappa shape index (κ1) is 15.8. The summed E-state index contributed by atoms with van der Waals surface area (Å²) >= 11 is 0. The smallest absolute Gasteiger partial charge is 0.000654 e. The minimum absolute atomic E-state index is 0.760. The van der Waals surface area contributed by atoms with Crippen molar-refractivity contribution in [2.45, 2.75) is 64.2 Å². The van der Waals surface area contributed by atoms with Gasteiger partial charge in [0, 0.05) is 0 Å². The lowest BCUT2D eigenvalue weighted by Gasteiger charge is -2.50. The molecule has 3 aliphatic rings. The number of hydrogen-bond donors (Lipinski definition) is 0.